The van der Waals surface area contributed by atoms with Crippen LogP contribution in [-0.4, -0.2) is 40.8 Å². The summed E-state index contributed by atoms with van der Waals surface area (Å²) in [6.07, 6.45) is 1.76. The Morgan fingerprint density at radius 1 is 1.15 bits per heavy atom. The predicted octanol–water partition coefficient (Wildman–Crippen LogP) is 4.50. The van der Waals surface area contributed by atoms with Gasteiger partial charge in [-0.05, 0) is 64.1 Å². The number of nitrogens with zero attached hydrogens (tertiary/aromatic N) is 1. The molecule has 2 saturated heterocycles. The Labute approximate surface area is 203 Å². The highest BCUT2D eigenvalue weighted by Crippen LogP contribution is 2.43. The molecule has 1 amide bonds. The lowest BCUT2D eigenvalue weighted by Crippen LogP contribution is -2.49. The molecule has 0 bridgehead atoms. The van der Waals surface area contributed by atoms with Gasteiger partial charge in [0.25, 0.3) is 0 Å². The fourth-order valence-electron chi connectivity index (χ4n) is 5.34. The lowest BCUT2D eigenvalue weighted by molar-refractivity contribution is -0.139. The minimum absolute atomic E-state index is 0.0470. The Hall–Kier alpha value is -2.57. The van der Waals surface area contributed by atoms with E-state index in [4.69, 9.17) is 9.31 Å². The molecule has 6 heteroatoms. The Bertz CT molecular complexity index is 1040. The fourth-order valence-corrected chi connectivity index (χ4v) is 5.34. The van der Waals surface area contributed by atoms with Gasteiger partial charge in [-0.3, -0.25) is 4.79 Å². The Kier molecular flexibility index (Phi) is 6.43. The number of hydrogen-bond donors (Lipinski definition) is 1. The van der Waals surface area contributed by atoms with Crippen LogP contribution in [0.1, 0.15) is 71.0 Å². The van der Waals surface area contributed by atoms with Crippen LogP contribution in [-0.2, 0) is 19.5 Å². The topological polar surface area (TPSA) is 59.0 Å². The molecular weight excluding hydrogens is 425 g/mol. The maximum Gasteiger partial charge on any atom is 0.563 e. The van der Waals surface area contributed by atoms with Crippen molar-refractivity contribution in [2.45, 2.75) is 76.5 Å². The van der Waals surface area contributed by atoms with Crippen molar-refractivity contribution in [1.82, 2.24) is 4.90 Å². The highest BCUT2D eigenvalue weighted by atomic mass is 16.7. The zero-order chi connectivity index (χ0) is 24.7. The van der Waals surface area contributed by atoms with E-state index in [1.165, 1.54) is 0 Å². The molecule has 2 heterocycles. The summed E-state index contributed by atoms with van der Waals surface area (Å²) < 4.78 is 11.8. The smallest absolute Gasteiger partial charge is 0.534 e. The number of benzene rings is 2. The molecule has 0 aliphatic carbocycles. The molecule has 5 nitrogen and oxygen atoms in total. The van der Waals surface area contributed by atoms with Crippen LogP contribution in [0, 0.1) is 0 Å². The number of hydrogen-bond acceptors (Lipinski definition) is 4. The molecule has 0 unspecified atom stereocenters. The van der Waals surface area contributed by atoms with E-state index in [1.807, 2.05) is 75.1 Å². The molecule has 2 aromatic rings. The van der Waals surface area contributed by atoms with Crippen molar-refractivity contribution >= 4 is 18.5 Å². The van der Waals surface area contributed by atoms with E-state index in [2.05, 4.69) is 25.6 Å². The van der Waals surface area contributed by atoms with E-state index in [-0.39, 0.29) is 17.4 Å². The zero-order valence-corrected chi connectivity index (χ0v) is 21.0. The van der Waals surface area contributed by atoms with E-state index < -0.39 is 18.3 Å². The van der Waals surface area contributed by atoms with Crippen molar-refractivity contribution in [3.8, 4) is 0 Å². The lowest BCUT2D eigenvalue weighted by atomic mass is 9.66. The predicted molar refractivity (Wildman–Crippen MR) is 136 cm³/mol. The Morgan fingerprint density at radius 3 is 2.32 bits per heavy atom. The van der Waals surface area contributed by atoms with Crippen LogP contribution in [0.25, 0.3) is 0 Å². The summed E-state index contributed by atoms with van der Waals surface area (Å²) in [5.41, 5.74) is 1.41. The number of likely N-dealkylation sites (tertiary alicyclic amines) is 1. The van der Waals surface area contributed by atoms with Crippen LogP contribution in [0.3, 0.4) is 0 Å². The largest absolute Gasteiger partial charge is 0.563 e. The highest BCUT2D eigenvalue weighted by molar-refractivity contribution is 6.62. The molecule has 2 fully saturated rings. The van der Waals surface area contributed by atoms with Crippen molar-refractivity contribution in [2.75, 3.05) is 6.54 Å². The molecule has 4 rings (SSSR count). The normalized spacial score (nSPS) is 23.7. The minimum Gasteiger partial charge on any atom is -0.534 e. The van der Waals surface area contributed by atoms with Crippen molar-refractivity contribution in [3.05, 3.63) is 78.1 Å². The van der Waals surface area contributed by atoms with Crippen LogP contribution >= 0.6 is 0 Å². The minimum atomic E-state index is -0.857. The second-order valence-corrected chi connectivity index (χ2v) is 11.0. The average Bonchev–Trinajstić information content (AvgIpc) is 3.05. The number of aliphatic hydroxyl groups is 1. The number of carbonyl (C=O) groups excluding carboxylic acids is 1. The first-order chi connectivity index (χ1) is 15.9. The summed E-state index contributed by atoms with van der Waals surface area (Å²) in [6.45, 7) is 14.2. The van der Waals surface area contributed by atoms with Gasteiger partial charge in [0.2, 0.25) is 5.91 Å². The Morgan fingerprint density at radius 2 is 1.79 bits per heavy atom. The molecule has 1 N–H and O–H groups in total. The van der Waals surface area contributed by atoms with E-state index in [1.54, 1.807) is 0 Å². The first-order valence-corrected chi connectivity index (χ1v) is 12.1. The van der Waals surface area contributed by atoms with Crippen LogP contribution in [0.5, 0.6) is 0 Å². The Balaban J connectivity index is 1.50. The van der Waals surface area contributed by atoms with Gasteiger partial charge in [-0.25, -0.2) is 0 Å². The third-order valence-electron chi connectivity index (χ3n) is 7.28. The monoisotopic (exact) mass is 461 g/mol. The number of amides is 1. The van der Waals surface area contributed by atoms with Crippen LogP contribution in [0.2, 0.25) is 0 Å². The molecule has 0 saturated carbocycles. The van der Waals surface area contributed by atoms with Gasteiger partial charge in [0.15, 0.2) is 0 Å². The summed E-state index contributed by atoms with van der Waals surface area (Å²) in [6, 6.07) is 18.2. The maximum atomic E-state index is 13.5. The van der Waals surface area contributed by atoms with Crippen molar-refractivity contribution in [2.24, 2.45) is 0 Å². The van der Waals surface area contributed by atoms with E-state index in [9.17, 15) is 9.90 Å². The van der Waals surface area contributed by atoms with E-state index in [0.29, 0.717) is 25.1 Å². The number of piperidine rings is 1. The average molecular weight is 461 g/mol. The highest BCUT2D eigenvalue weighted by Gasteiger charge is 2.45. The van der Waals surface area contributed by atoms with Crippen molar-refractivity contribution in [1.29, 1.82) is 0 Å². The van der Waals surface area contributed by atoms with Gasteiger partial charge in [0.1, 0.15) is 5.60 Å². The first kappa shape index (κ1) is 24.6. The van der Waals surface area contributed by atoms with Gasteiger partial charge in [-0.1, -0.05) is 61.2 Å². The molecule has 0 spiro atoms. The van der Waals surface area contributed by atoms with Gasteiger partial charge in [-0.2, -0.15) is 0 Å². The molecule has 0 radical (unpaired) electrons. The summed E-state index contributed by atoms with van der Waals surface area (Å²) in [5.74, 6) is 0.748. The van der Waals surface area contributed by atoms with Gasteiger partial charge in [-0.15, -0.1) is 0 Å². The standard InChI is InChI=1S/C28H36BNO4/c1-20(22-12-14-24(15-13-22)29-33-21(2)27(5,6)34-29)30-17-16-28(18-25(30)31,19-26(3,4)32)23-10-8-7-9-11-23/h7-15,20,32H,2,16-19H2,1,3-6H3/t20-,28-/m0/s1. The number of carbonyl (C=O) groups is 1. The summed E-state index contributed by atoms with van der Waals surface area (Å²) in [7, 11) is -0.461. The van der Waals surface area contributed by atoms with Crippen LogP contribution in [0.15, 0.2) is 66.9 Å². The second-order valence-electron chi connectivity index (χ2n) is 11.0. The third-order valence-corrected chi connectivity index (χ3v) is 7.28. The van der Waals surface area contributed by atoms with Crippen LogP contribution in [0.4, 0.5) is 0 Å². The van der Waals surface area contributed by atoms with Gasteiger partial charge in [0, 0.05) is 18.4 Å². The summed E-state index contributed by atoms with van der Waals surface area (Å²) in [5, 5.41) is 10.6. The quantitative estimate of drug-likeness (QED) is 0.644. The number of rotatable bonds is 6. The molecule has 2 aliphatic heterocycles. The third kappa shape index (κ3) is 4.94. The van der Waals surface area contributed by atoms with Gasteiger partial charge < -0.3 is 19.3 Å². The summed E-state index contributed by atoms with van der Waals surface area (Å²) >= 11 is 0. The summed E-state index contributed by atoms with van der Waals surface area (Å²) in [4.78, 5) is 15.4. The lowest BCUT2D eigenvalue weighted by Gasteiger charge is -2.46. The molecule has 0 aromatic heterocycles. The van der Waals surface area contributed by atoms with Crippen molar-refractivity contribution < 1.29 is 19.2 Å². The molecule has 34 heavy (non-hydrogen) atoms. The molecular formula is C28H36BNO4. The maximum absolute atomic E-state index is 13.5. The molecule has 180 valence electrons. The zero-order valence-electron chi connectivity index (χ0n) is 21.0. The van der Waals surface area contributed by atoms with Gasteiger partial charge >= 0.3 is 7.12 Å². The van der Waals surface area contributed by atoms with Crippen LogP contribution < -0.4 is 5.46 Å². The van der Waals surface area contributed by atoms with E-state index >= 15 is 0 Å². The van der Waals surface area contributed by atoms with E-state index in [0.717, 1.165) is 23.0 Å². The van der Waals surface area contributed by atoms with Crippen molar-refractivity contribution in [3.63, 3.8) is 0 Å². The fraction of sp³-hybridized carbons (Fsp3) is 0.464. The molecule has 2 atom stereocenters. The first-order valence-electron chi connectivity index (χ1n) is 12.1. The van der Waals surface area contributed by atoms with Gasteiger partial charge in [0.05, 0.1) is 17.4 Å². The SMILES string of the molecule is C=C1OB(c2ccc([C@H](C)N3CC[C@](CC(C)(C)O)(c4ccccc4)CC3=O)cc2)OC1(C)C. The second kappa shape index (κ2) is 8.90. The molecule has 2 aliphatic rings. The molecule has 2 aromatic carbocycles.